The summed E-state index contributed by atoms with van der Waals surface area (Å²) < 4.78 is 5.53. The lowest BCUT2D eigenvalue weighted by Gasteiger charge is -2.17. The number of hydrogen-bond donors (Lipinski definition) is 2. The molecule has 0 heterocycles. The first-order valence-electron chi connectivity index (χ1n) is 6.52. The van der Waals surface area contributed by atoms with Gasteiger partial charge in [0, 0.05) is 17.6 Å². The second kappa shape index (κ2) is 6.26. The van der Waals surface area contributed by atoms with Crippen molar-refractivity contribution in [3.63, 3.8) is 0 Å². The minimum atomic E-state index is -0.565. The highest BCUT2D eigenvalue weighted by atomic mass is 35.5. The van der Waals surface area contributed by atoms with Crippen LogP contribution in [0.1, 0.15) is 19.8 Å². The topological polar surface area (TPSA) is 64.3 Å². The van der Waals surface area contributed by atoms with Crippen LogP contribution in [0.3, 0.4) is 0 Å². The first kappa shape index (κ1) is 14.2. The average Bonchev–Trinajstić information content (AvgIpc) is 3.19. The molecule has 19 heavy (non-hydrogen) atoms. The number of benzene rings is 1. The normalized spacial score (nSPS) is 17.6. The molecule has 1 saturated carbocycles. The van der Waals surface area contributed by atoms with Crippen LogP contribution < -0.4 is 15.8 Å². The summed E-state index contributed by atoms with van der Waals surface area (Å²) in [4.78, 5) is 11.9. The smallest absolute Gasteiger partial charge is 0.260 e. The molecule has 1 fully saturated rings. The molecular weight excluding hydrogens is 264 g/mol. The third kappa shape index (κ3) is 4.40. The molecule has 1 aromatic carbocycles. The van der Waals surface area contributed by atoms with Crippen molar-refractivity contribution in [1.82, 2.24) is 5.32 Å². The van der Waals surface area contributed by atoms with E-state index in [1.807, 2.05) is 0 Å². The van der Waals surface area contributed by atoms with Gasteiger partial charge in [0.05, 0.1) is 0 Å². The summed E-state index contributed by atoms with van der Waals surface area (Å²) in [5.41, 5.74) is 5.93. The van der Waals surface area contributed by atoms with Gasteiger partial charge in [-0.1, -0.05) is 17.7 Å². The van der Waals surface area contributed by atoms with Crippen LogP contribution in [0.25, 0.3) is 0 Å². The molecule has 1 aromatic rings. The molecule has 0 bridgehead atoms. The molecule has 5 heteroatoms. The minimum Gasteiger partial charge on any atom is -0.481 e. The van der Waals surface area contributed by atoms with Gasteiger partial charge in [-0.25, -0.2) is 0 Å². The number of carbonyl (C=O) groups excluding carboxylic acids is 1. The van der Waals surface area contributed by atoms with E-state index in [-0.39, 0.29) is 11.9 Å². The van der Waals surface area contributed by atoms with E-state index in [1.54, 1.807) is 31.2 Å². The first-order valence-corrected chi connectivity index (χ1v) is 6.89. The average molecular weight is 283 g/mol. The van der Waals surface area contributed by atoms with Crippen molar-refractivity contribution in [3.8, 4) is 5.75 Å². The van der Waals surface area contributed by atoms with E-state index >= 15 is 0 Å². The van der Waals surface area contributed by atoms with Gasteiger partial charge in [0.15, 0.2) is 6.10 Å². The maximum atomic E-state index is 11.9. The summed E-state index contributed by atoms with van der Waals surface area (Å²) in [6.07, 6.45) is 1.78. The molecule has 1 aliphatic rings. The van der Waals surface area contributed by atoms with Crippen LogP contribution >= 0.6 is 11.6 Å². The van der Waals surface area contributed by atoms with E-state index in [4.69, 9.17) is 22.1 Å². The van der Waals surface area contributed by atoms with E-state index in [1.165, 1.54) is 12.8 Å². The fraction of sp³-hybridized carbons (Fsp3) is 0.500. The van der Waals surface area contributed by atoms with E-state index in [0.29, 0.717) is 23.2 Å². The van der Waals surface area contributed by atoms with Crippen LogP contribution in [0.5, 0.6) is 5.75 Å². The van der Waals surface area contributed by atoms with Gasteiger partial charge in [0.25, 0.3) is 5.91 Å². The lowest BCUT2D eigenvalue weighted by molar-refractivity contribution is -0.127. The first-order chi connectivity index (χ1) is 9.06. The van der Waals surface area contributed by atoms with Crippen molar-refractivity contribution >= 4 is 17.5 Å². The molecule has 0 saturated heterocycles. The van der Waals surface area contributed by atoms with Gasteiger partial charge in [0.2, 0.25) is 0 Å². The quantitative estimate of drug-likeness (QED) is 0.838. The number of ether oxygens (including phenoxy) is 1. The number of hydrogen-bond acceptors (Lipinski definition) is 3. The molecular formula is C14H19ClN2O2. The maximum absolute atomic E-state index is 11.9. The monoisotopic (exact) mass is 282 g/mol. The molecule has 0 radical (unpaired) electrons. The molecule has 2 rings (SSSR count). The van der Waals surface area contributed by atoms with E-state index < -0.39 is 6.10 Å². The fourth-order valence-electron chi connectivity index (χ4n) is 1.85. The molecule has 3 N–H and O–H groups in total. The van der Waals surface area contributed by atoms with Gasteiger partial charge in [0.1, 0.15) is 5.75 Å². The number of halogens is 1. The zero-order chi connectivity index (χ0) is 13.8. The number of rotatable bonds is 6. The SMILES string of the molecule is CC(Oc1cccc(Cl)c1)C(=O)NCC(N)C1CC1. The summed E-state index contributed by atoms with van der Waals surface area (Å²) in [7, 11) is 0. The Morgan fingerprint density at radius 2 is 2.32 bits per heavy atom. The maximum Gasteiger partial charge on any atom is 0.260 e. The van der Waals surface area contributed by atoms with Crippen molar-refractivity contribution in [1.29, 1.82) is 0 Å². The van der Waals surface area contributed by atoms with Crippen LogP contribution in [-0.2, 0) is 4.79 Å². The van der Waals surface area contributed by atoms with Crippen LogP contribution in [0.4, 0.5) is 0 Å². The largest absolute Gasteiger partial charge is 0.481 e. The standard InChI is InChI=1S/C14H19ClN2O2/c1-9(19-12-4-2-3-11(15)7-12)14(18)17-8-13(16)10-5-6-10/h2-4,7,9-10,13H,5-6,8,16H2,1H3,(H,17,18). The minimum absolute atomic E-state index is 0.0577. The molecule has 0 spiro atoms. The summed E-state index contributed by atoms with van der Waals surface area (Å²) in [6.45, 7) is 2.21. The van der Waals surface area contributed by atoms with E-state index in [0.717, 1.165) is 0 Å². The predicted molar refractivity (Wildman–Crippen MR) is 75.3 cm³/mol. The van der Waals surface area contributed by atoms with Gasteiger partial charge in [-0.05, 0) is 43.9 Å². The second-order valence-corrected chi connectivity index (χ2v) is 5.40. The summed E-state index contributed by atoms with van der Waals surface area (Å²) >= 11 is 5.86. The number of amides is 1. The predicted octanol–water partition coefficient (Wildman–Crippen LogP) is 1.96. The molecule has 0 aromatic heterocycles. The van der Waals surface area contributed by atoms with E-state index in [2.05, 4.69) is 5.32 Å². The zero-order valence-corrected chi connectivity index (χ0v) is 11.7. The van der Waals surface area contributed by atoms with Crippen molar-refractivity contribution in [2.45, 2.75) is 31.9 Å². The molecule has 2 unspecified atom stereocenters. The second-order valence-electron chi connectivity index (χ2n) is 4.96. The highest BCUT2D eigenvalue weighted by Gasteiger charge is 2.28. The molecule has 1 amide bonds. The Kier molecular flexibility index (Phi) is 4.66. The Balaban J connectivity index is 1.78. The Morgan fingerprint density at radius 1 is 1.58 bits per heavy atom. The summed E-state index contributed by atoms with van der Waals surface area (Å²) in [6, 6.07) is 7.05. The summed E-state index contributed by atoms with van der Waals surface area (Å²) in [5, 5.41) is 3.40. The number of carbonyl (C=O) groups is 1. The van der Waals surface area contributed by atoms with Gasteiger partial charge in [-0.15, -0.1) is 0 Å². The molecule has 0 aliphatic heterocycles. The zero-order valence-electron chi connectivity index (χ0n) is 10.9. The van der Waals surface area contributed by atoms with Gasteiger partial charge >= 0.3 is 0 Å². The molecule has 104 valence electrons. The van der Waals surface area contributed by atoms with Crippen LogP contribution in [-0.4, -0.2) is 24.6 Å². The van der Waals surface area contributed by atoms with Crippen molar-refractivity contribution < 1.29 is 9.53 Å². The van der Waals surface area contributed by atoms with Crippen molar-refractivity contribution in [2.75, 3.05) is 6.54 Å². The third-order valence-electron chi connectivity index (χ3n) is 3.22. The Morgan fingerprint density at radius 3 is 2.95 bits per heavy atom. The summed E-state index contributed by atoms with van der Waals surface area (Å²) in [5.74, 6) is 1.00. The van der Waals surface area contributed by atoms with Crippen LogP contribution in [0, 0.1) is 5.92 Å². The Bertz CT molecular complexity index is 449. The van der Waals surface area contributed by atoms with Gasteiger partial charge < -0.3 is 15.8 Å². The molecule has 4 nitrogen and oxygen atoms in total. The highest BCUT2D eigenvalue weighted by Crippen LogP contribution is 2.31. The van der Waals surface area contributed by atoms with Crippen molar-refractivity contribution in [3.05, 3.63) is 29.3 Å². The van der Waals surface area contributed by atoms with E-state index in [9.17, 15) is 4.79 Å². The third-order valence-corrected chi connectivity index (χ3v) is 3.45. The Labute approximate surface area is 118 Å². The lowest BCUT2D eigenvalue weighted by atomic mass is 10.2. The van der Waals surface area contributed by atoms with Gasteiger partial charge in [-0.2, -0.15) is 0 Å². The molecule has 1 aliphatic carbocycles. The Hall–Kier alpha value is -1.26. The van der Waals surface area contributed by atoms with Gasteiger partial charge in [-0.3, -0.25) is 4.79 Å². The van der Waals surface area contributed by atoms with Crippen molar-refractivity contribution in [2.24, 2.45) is 11.7 Å². The lowest BCUT2D eigenvalue weighted by Crippen LogP contribution is -2.43. The number of nitrogens with one attached hydrogen (secondary N) is 1. The number of nitrogens with two attached hydrogens (primary N) is 1. The van der Waals surface area contributed by atoms with Crippen LogP contribution in [0.15, 0.2) is 24.3 Å². The highest BCUT2D eigenvalue weighted by molar-refractivity contribution is 6.30. The molecule has 2 atom stereocenters. The fourth-order valence-corrected chi connectivity index (χ4v) is 2.03. The van der Waals surface area contributed by atoms with Crippen LogP contribution in [0.2, 0.25) is 5.02 Å².